The molecule has 1 aromatic carbocycles. The molecule has 3 amide bonds. The summed E-state index contributed by atoms with van der Waals surface area (Å²) in [5, 5.41) is 7.52. The number of aromatic nitrogens is 1. The number of ketones is 1. The lowest BCUT2D eigenvalue weighted by atomic mass is 9.85. The zero-order valence-electron chi connectivity index (χ0n) is 19.8. The van der Waals surface area contributed by atoms with E-state index in [0.29, 0.717) is 18.5 Å². The number of alkyl halides is 1. The lowest BCUT2D eigenvalue weighted by molar-refractivity contribution is -0.141. The van der Waals surface area contributed by atoms with Gasteiger partial charge in [0.1, 0.15) is 12.1 Å². The van der Waals surface area contributed by atoms with Crippen LogP contribution in [0.3, 0.4) is 0 Å². The van der Waals surface area contributed by atoms with E-state index in [9.17, 15) is 23.6 Å². The molecule has 1 aliphatic carbocycles. The molecule has 3 rings (SSSR count). The summed E-state index contributed by atoms with van der Waals surface area (Å²) in [7, 11) is 0. The topological polar surface area (TPSA) is 117 Å². The minimum atomic E-state index is -1.99. The summed E-state index contributed by atoms with van der Waals surface area (Å²) in [6.45, 7) is 1.48. The molecule has 2 aromatic rings. The number of pyridine rings is 1. The second kappa shape index (κ2) is 12.2. The highest BCUT2D eigenvalue weighted by molar-refractivity contribution is 6.38. The van der Waals surface area contributed by atoms with Crippen LogP contribution in [0.25, 0.3) is 0 Å². The molecule has 0 saturated heterocycles. The number of rotatable bonds is 10. The fourth-order valence-corrected chi connectivity index (χ4v) is 4.01. The summed E-state index contributed by atoms with van der Waals surface area (Å²) < 4.78 is 14.9. The SMILES string of the molecule is C[C@@H](NC(=O)C1(F)CCCCC1)C(=O)N[C@H](Cc1ccccc1)C(=O)C(=O)NCc1ccccn1. The highest BCUT2D eigenvalue weighted by Gasteiger charge is 2.41. The van der Waals surface area contributed by atoms with E-state index in [1.165, 1.54) is 6.92 Å². The second-order valence-corrected chi connectivity index (χ2v) is 8.84. The Labute approximate surface area is 204 Å². The molecule has 1 heterocycles. The smallest absolute Gasteiger partial charge is 0.289 e. The van der Waals surface area contributed by atoms with Crippen molar-refractivity contribution < 1.29 is 23.6 Å². The van der Waals surface area contributed by atoms with Crippen molar-refractivity contribution in [3.8, 4) is 0 Å². The van der Waals surface area contributed by atoms with Crippen LogP contribution in [-0.4, -0.2) is 46.2 Å². The maximum absolute atomic E-state index is 14.9. The van der Waals surface area contributed by atoms with E-state index in [2.05, 4.69) is 20.9 Å². The van der Waals surface area contributed by atoms with Gasteiger partial charge >= 0.3 is 0 Å². The number of carbonyl (C=O) groups excluding carboxylic acids is 4. The first kappa shape index (κ1) is 26.0. The first-order chi connectivity index (χ1) is 16.8. The molecule has 0 radical (unpaired) electrons. The van der Waals surface area contributed by atoms with Gasteiger partial charge in [-0.05, 0) is 50.3 Å². The average molecular weight is 483 g/mol. The third kappa shape index (κ3) is 7.43. The zero-order chi connectivity index (χ0) is 25.3. The fraction of sp³-hybridized carbons (Fsp3) is 0.423. The summed E-state index contributed by atoms with van der Waals surface area (Å²) >= 11 is 0. The highest BCUT2D eigenvalue weighted by Crippen LogP contribution is 2.32. The number of Topliss-reactive ketones (excluding diaryl/α,β-unsaturated/α-hetero) is 1. The molecule has 35 heavy (non-hydrogen) atoms. The van der Waals surface area contributed by atoms with Gasteiger partial charge in [0.25, 0.3) is 11.8 Å². The number of amides is 3. The summed E-state index contributed by atoms with van der Waals surface area (Å²) in [4.78, 5) is 54.9. The fourth-order valence-electron chi connectivity index (χ4n) is 4.01. The summed E-state index contributed by atoms with van der Waals surface area (Å²) in [6, 6.07) is 11.9. The van der Waals surface area contributed by atoms with Crippen molar-refractivity contribution >= 4 is 23.5 Å². The highest BCUT2D eigenvalue weighted by atomic mass is 19.1. The average Bonchev–Trinajstić information content (AvgIpc) is 2.88. The Morgan fingerprint density at radius 1 is 0.971 bits per heavy atom. The number of nitrogens with zero attached hydrogens (tertiary/aromatic N) is 1. The minimum absolute atomic E-state index is 0.0580. The predicted octanol–water partition coefficient (Wildman–Crippen LogP) is 2.17. The van der Waals surface area contributed by atoms with Crippen LogP contribution in [-0.2, 0) is 32.1 Å². The number of carbonyl (C=O) groups is 4. The van der Waals surface area contributed by atoms with Gasteiger partial charge in [-0.2, -0.15) is 0 Å². The van der Waals surface area contributed by atoms with Crippen LogP contribution < -0.4 is 16.0 Å². The molecular weight excluding hydrogens is 451 g/mol. The van der Waals surface area contributed by atoms with Crippen molar-refractivity contribution in [1.29, 1.82) is 0 Å². The number of benzene rings is 1. The monoisotopic (exact) mass is 482 g/mol. The van der Waals surface area contributed by atoms with E-state index in [0.717, 1.165) is 12.0 Å². The van der Waals surface area contributed by atoms with E-state index in [4.69, 9.17) is 0 Å². The summed E-state index contributed by atoms with van der Waals surface area (Å²) in [6.07, 6.45) is 4.01. The predicted molar refractivity (Wildman–Crippen MR) is 128 cm³/mol. The summed E-state index contributed by atoms with van der Waals surface area (Å²) in [5.74, 6) is -3.19. The van der Waals surface area contributed by atoms with Gasteiger partial charge in [0.05, 0.1) is 12.2 Å². The molecule has 1 saturated carbocycles. The van der Waals surface area contributed by atoms with Gasteiger partial charge in [0, 0.05) is 12.6 Å². The number of halogens is 1. The Bertz CT molecular complexity index is 1030. The van der Waals surface area contributed by atoms with Crippen molar-refractivity contribution in [3.05, 3.63) is 66.0 Å². The molecule has 3 N–H and O–H groups in total. The van der Waals surface area contributed by atoms with Crippen LogP contribution >= 0.6 is 0 Å². The Morgan fingerprint density at radius 2 is 1.66 bits per heavy atom. The van der Waals surface area contributed by atoms with E-state index >= 15 is 0 Å². The molecule has 186 valence electrons. The molecule has 9 heteroatoms. The number of hydrogen-bond donors (Lipinski definition) is 3. The van der Waals surface area contributed by atoms with Crippen LogP contribution in [0, 0.1) is 0 Å². The van der Waals surface area contributed by atoms with Crippen molar-refractivity contribution in [3.63, 3.8) is 0 Å². The molecule has 0 unspecified atom stereocenters. The largest absolute Gasteiger partial charge is 0.344 e. The number of nitrogens with one attached hydrogen (secondary N) is 3. The van der Waals surface area contributed by atoms with E-state index in [-0.39, 0.29) is 25.8 Å². The van der Waals surface area contributed by atoms with Gasteiger partial charge < -0.3 is 16.0 Å². The maximum Gasteiger partial charge on any atom is 0.289 e. The Kier molecular flexibility index (Phi) is 9.05. The van der Waals surface area contributed by atoms with Crippen molar-refractivity contribution in [2.24, 2.45) is 0 Å². The summed E-state index contributed by atoms with van der Waals surface area (Å²) in [5.41, 5.74) is -0.668. The zero-order valence-corrected chi connectivity index (χ0v) is 19.8. The molecule has 2 atom stereocenters. The quantitative estimate of drug-likeness (QED) is 0.449. The third-order valence-corrected chi connectivity index (χ3v) is 6.09. The van der Waals surface area contributed by atoms with Crippen LogP contribution in [0.1, 0.15) is 50.3 Å². The van der Waals surface area contributed by atoms with Crippen LogP contribution in [0.5, 0.6) is 0 Å². The van der Waals surface area contributed by atoms with E-state index in [1.807, 2.05) is 6.07 Å². The molecule has 1 aromatic heterocycles. The van der Waals surface area contributed by atoms with Crippen molar-refractivity contribution in [2.45, 2.75) is 69.7 Å². The van der Waals surface area contributed by atoms with Gasteiger partial charge in [-0.15, -0.1) is 0 Å². The first-order valence-electron chi connectivity index (χ1n) is 11.8. The second-order valence-electron chi connectivity index (χ2n) is 8.84. The van der Waals surface area contributed by atoms with Gasteiger partial charge in [-0.3, -0.25) is 24.2 Å². The van der Waals surface area contributed by atoms with Crippen molar-refractivity contribution in [2.75, 3.05) is 0 Å². The van der Waals surface area contributed by atoms with Gasteiger partial charge in [0.2, 0.25) is 11.7 Å². The standard InChI is InChI=1S/C26H31FN4O4/c1-18(30-25(35)26(27)13-7-3-8-14-26)23(33)31-21(16-19-10-4-2-5-11-19)22(32)24(34)29-17-20-12-6-9-15-28-20/h2,4-6,9-12,15,18,21H,3,7-8,13-14,16-17H2,1H3,(H,29,34)(H,30,35)(H,31,33)/t18-,21-/m1/s1. The van der Waals surface area contributed by atoms with Crippen LogP contribution in [0.4, 0.5) is 4.39 Å². The molecule has 0 aliphatic heterocycles. The third-order valence-electron chi connectivity index (χ3n) is 6.09. The van der Waals surface area contributed by atoms with Gasteiger partial charge in [0.15, 0.2) is 5.67 Å². The maximum atomic E-state index is 14.9. The van der Waals surface area contributed by atoms with Gasteiger partial charge in [-0.25, -0.2) is 4.39 Å². The molecule has 0 bridgehead atoms. The molecule has 0 spiro atoms. The number of hydrogen-bond acceptors (Lipinski definition) is 5. The molecule has 1 fully saturated rings. The first-order valence-corrected chi connectivity index (χ1v) is 11.8. The normalized spacial score (nSPS) is 16.4. The van der Waals surface area contributed by atoms with Crippen LogP contribution in [0.15, 0.2) is 54.7 Å². The van der Waals surface area contributed by atoms with Crippen LogP contribution in [0.2, 0.25) is 0 Å². The van der Waals surface area contributed by atoms with E-state index < -0.39 is 41.3 Å². The molecule has 8 nitrogen and oxygen atoms in total. The molecule has 1 aliphatic rings. The van der Waals surface area contributed by atoms with Crippen molar-refractivity contribution in [1.82, 2.24) is 20.9 Å². The Hall–Kier alpha value is -3.62. The Balaban J connectivity index is 1.65. The molecular formula is C26H31FN4O4. The Morgan fingerprint density at radius 3 is 2.31 bits per heavy atom. The lowest BCUT2D eigenvalue weighted by Gasteiger charge is -2.29. The van der Waals surface area contributed by atoms with Gasteiger partial charge in [-0.1, -0.05) is 42.8 Å². The minimum Gasteiger partial charge on any atom is -0.344 e. The van der Waals surface area contributed by atoms with E-state index in [1.54, 1.807) is 48.7 Å². The lowest BCUT2D eigenvalue weighted by Crippen LogP contribution is -2.56.